The lowest BCUT2D eigenvalue weighted by molar-refractivity contribution is 0.334. The minimum atomic E-state index is 0.104. The van der Waals surface area contributed by atoms with E-state index in [0.29, 0.717) is 16.7 Å². The SMILES string of the molecule is CC(C)(C)C(CCCl)Nc1ncc(Br)cc1Cl. The minimum absolute atomic E-state index is 0.104. The van der Waals surface area contributed by atoms with Crippen LogP contribution in [0.2, 0.25) is 5.02 Å². The molecule has 5 heteroatoms. The van der Waals surface area contributed by atoms with Gasteiger partial charge in [-0.05, 0) is 33.8 Å². The molecule has 1 heterocycles. The van der Waals surface area contributed by atoms with Crippen LogP contribution in [0.4, 0.5) is 5.82 Å². The van der Waals surface area contributed by atoms with E-state index in [1.165, 1.54) is 0 Å². The van der Waals surface area contributed by atoms with Gasteiger partial charge in [0.2, 0.25) is 0 Å². The summed E-state index contributed by atoms with van der Waals surface area (Å²) in [5.74, 6) is 1.32. The molecule has 1 aromatic heterocycles. The van der Waals surface area contributed by atoms with E-state index in [4.69, 9.17) is 23.2 Å². The Morgan fingerprint density at radius 2 is 2.12 bits per heavy atom. The topological polar surface area (TPSA) is 24.9 Å². The Kier molecular flexibility index (Phi) is 5.55. The van der Waals surface area contributed by atoms with Gasteiger partial charge in [0.05, 0.1) is 5.02 Å². The van der Waals surface area contributed by atoms with Crippen LogP contribution in [-0.4, -0.2) is 16.9 Å². The van der Waals surface area contributed by atoms with E-state index in [2.05, 4.69) is 47.0 Å². The second-order valence-corrected chi connectivity index (χ2v) is 6.73. The van der Waals surface area contributed by atoms with Crippen LogP contribution in [0.1, 0.15) is 27.2 Å². The minimum Gasteiger partial charge on any atom is -0.366 e. The van der Waals surface area contributed by atoms with E-state index >= 15 is 0 Å². The number of nitrogens with zero attached hydrogens (tertiary/aromatic N) is 1. The summed E-state index contributed by atoms with van der Waals surface area (Å²) in [6, 6.07) is 2.07. The number of nitrogens with one attached hydrogen (secondary N) is 1. The molecule has 17 heavy (non-hydrogen) atoms. The summed E-state index contributed by atoms with van der Waals surface area (Å²) >= 11 is 15.3. The Morgan fingerprint density at radius 1 is 1.47 bits per heavy atom. The Balaban J connectivity index is 2.86. The van der Waals surface area contributed by atoms with Gasteiger partial charge in [-0.3, -0.25) is 0 Å². The molecule has 0 aliphatic carbocycles. The van der Waals surface area contributed by atoms with Crippen LogP contribution in [-0.2, 0) is 0 Å². The molecule has 0 amide bonds. The maximum absolute atomic E-state index is 6.14. The lowest BCUT2D eigenvalue weighted by Gasteiger charge is -2.31. The third-order valence-electron chi connectivity index (χ3n) is 2.56. The van der Waals surface area contributed by atoms with Crippen LogP contribution < -0.4 is 5.32 Å². The largest absolute Gasteiger partial charge is 0.366 e. The summed E-state index contributed by atoms with van der Waals surface area (Å²) < 4.78 is 0.873. The monoisotopic (exact) mass is 338 g/mol. The number of rotatable bonds is 4. The predicted octanol–water partition coefficient (Wildman–Crippen LogP) is 4.95. The van der Waals surface area contributed by atoms with Gasteiger partial charge in [0.15, 0.2) is 0 Å². The van der Waals surface area contributed by atoms with Crippen molar-refractivity contribution in [1.29, 1.82) is 0 Å². The molecule has 1 unspecified atom stereocenters. The van der Waals surface area contributed by atoms with Crippen molar-refractivity contribution in [2.75, 3.05) is 11.2 Å². The highest BCUT2D eigenvalue weighted by molar-refractivity contribution is 9.10. The van der Waals surface area contributed by atoms with Crippen LogP contribution in [0, 0.1) is 5.41 Å². The number of aromatic nitrogens is 1. The second kappa shape index (κ2) is 6.26. The first-order valence-electron chi connectivity index (χ1n) is 5.48. The number of hydrogen-bond acceptors (Lipinski definition) is 2. The van der Waals surface area contributed by atoms with E-state index in [-0.39, 0.29) is 11.5 Å². The van der Waals surface area contributed by atoms with Gasteiger partial charge >= 0.3 is 0 Å². The summed E-state index contributed by atoms with van der Waals surface area (Å²) in [6.45, 7) is 6.51. The molecule has 1 atom stereocenters. The predicted molar refractivity (Wildman–Crippen MR) is 79.1 cm³/mol. The number of pyridine rings is 1. The number of hydrogen-bond donors (Lipinski definition) is 1. The van der Waals surface area contributed by atoms with Gasteiger partial charge < -0.3 is 5.32 Å². The zero-order valence-corrected chi connectivity index (χ0v) is 13.3. The molecular weight excluding hydrogens is 323 g/mol. The molecule has 1 rings (SSSR count). The summed E-state index contributed by atoms with van der Waals surface area (Å²) in [7, 11) is 0. The molecular formula is C12H17BrCl2N2. The molecule has 1 N–H and O–H groups in total. The average Bonchev–Trinajstić information content (AvgIpc) is 2.19. The first-order chi connectivity index (χ1) is 7.84. The molecule has 1 aromatic rings. The average molecular weight is 340 g/mol. The van der Waals surface area contributed by atoms with Crippen LogP contribution in [0.5, 0.6) is 0 Å². The molecule has 0 aliphatic rings. The van der Waals surface area contributed by atoms with Crippen molar-refractivity contribution in [3.8, 4) is 0 Å². The molecule has 0 bridgehead atoms. The molecule has 0 aromatic carbocycles. The van der Waals surface area contributed by atoms with Crippen molar-refractivity contribution in [3.63, 3.8) is 0 Å². The first-order valence-corrected chi connectivity index (χ1v) is 7.18. The third kappa shape index (κ3) is 4.65. The number of halogens is 3. The number of anilines is 1. The van der Waals surface area contributed by atoms with Crippen molar-refractivity contribution >= 4 is 44.9 Å². The second-order valence-electron chi connectivity index (χ2n) is 5.02. The lowest BCUT2D eigenvalue weighted by atomic mass is 9.85. The fourth-order valence-electron chi connectivity index (χ4n) is 1.52. The summed E-state index contributed by atoms with van der Waals surface area (Å²) in [5.41, 5.74) is 0.104. The summed E-state index contributed by atoms with van der Waals surface area (Å²) in [5, 5.41) is 3.98. The lowest BCUT2D eigenvalue weighted by Crippen LogP contribution is -2.34. The van der Waals surface area contributed by atoms with Crippen LogP contribution >= 0.6 is 39.1 Å². The van der Waals surface area contributed by atoms with Gasteiger partial charge in [0.1, 0.15) is 5.82 Å². The highest BCUT2D eigenvalue weighted by Crippen LogP contribution is 2.29. The Morgan fingerprint density at radius 3 is 2.59 bits per heavy atom. The third-order valence-corrected chi connectivity index (χ3v) is 3.50. The first kappa shape index (κ1) is 15.1. The number of alkyl halides is 1. The zero-order chi connectivity index (χ0) is 13.1. The van der Waals surface area contributed by atoms with Gasteiger partial charge in [-0.15, -0.1) is 11.6 Å². The smallest absolute Gasteiger partial charge is 0.145 e. The van der Waals surface area contributed by atoms with Gasteiger partial charge in [-0.25, -0.2) is 4.98 Å². The van der Waals surface area contributed by atoms with E-state index < -0.39 is 0 Å². The molecule has 0 saturated heterocycles. The molecule has 96 valence electrons. The van der Waals surface area contributed by atoms with Gasteiger partial charge in [0.25, 0.3) is 0 Å². The van der Waals surface area contributed by atoms with Crippen LogP contribution in [0.15, 0.2) is 16.7 Å². The maximum Gasteiger partial charge on any atom is 0.145 e. The molecule has 0 saturated carbocycles. The van der Waals surface area contributed by atoms with Gasteiger partial charge in [-0.1, -0.05) is 32.4 Å². The molecule has 0 spiro atoms. The highest BCUT2D eigenvalue weighted by atomic mass is 79.9. The standard InChI is InChI=1S/C12H17BrCl2N2/c1-12(2,3)10(4-5-14)17-11-9(15)6-8(13)7-16-11/h6-7,10H,4-5H2,1-3H3,(H,16,17). The molecule has 2 nitrogen and oxygen atoms in total. The van der Waals surface area contributed by atoms with E-state index in [1.54, 1.807) is 6.20 Å². The highest BCUT2D eigenvalue weighted by Gasteiger charge is 2.24. The molecule has 0 radical (unpaired) electrons. The van der Waals surface area contributed by atoms with Crippen molar-refractivity contribution in [2.45, 2.75) is 33.2 Å². The van der Waals surface area contributed by atoms with E-state index in [0.717, 1.165) is 10.9 Å². The van der Waals surface area contributed by atoms with Crippen molar-refractivity contribution in [1.82, 2.24) is 4.98 Å². The Bertz CT molecular complexity index is 377. The van der Waals surface area contributed by atoms with E-state index in [9.17, 15) is 0 Å². The molecule has 0 aliphatic heterocycles. The van der Waals surface area contributed by atoms with E-state index in [1.807, 2.05) is 6.07 Å². The van der Waals surface area contributed by atoms with Crippen LogP contribution in [0.25, 0.3) is 0 Å². The van der Waals surface area contributed by atoms with Crippen LogP contribution in [0.3, 0.4) is 0 Å². The Hall–Kier alpha value is 0.01000. The van der Waals surface area contributed by atoms with Crippen molar-refractivity contribution in [2.24, 2.45) is 5.41 Å². The fraction of sp³-hybridized carbons (Fsp3) is 0.583. The summed E-state index contributed by atoms with van der Waals surface area (Å²) in [6.07, 6.45) is 2.60. The van der Waals surface area contributed by atoms with Crippen molar-refractivity contribution < 1.29 is 0 Å². The molecule has 0 fully saturated rings. The van der Waals surface area contributed by atoms with Crippen molar-refractivity contribution in [3.05, 3.63) is 21.8 Å². The van der Waals surface area contributed by atoms with Gasteiger partial charge in [0, 0.05) is 22.6 Å². The zero-order valence-electron chi connectivity index (χ0n) is 10.2. The van der Waals surface area contributed by atoms with Gasteiger partial charge in [-0.2, -0.15) is 0 Å². The maximum atomic E-state index is 6.14. The normalized spacial score (nSPS) is 13.5. The quantitative estimate of drug-likeness (QED) is 0.785. The Labute approximate surface area is 121 Å². The fourth-order valence-corrected chi connectivity index (χ4v) is 2.42. The summed E-state index contributed by atoms with van der Waals surface area (Å²) in [4.78, 5) is 4.28.